The van der Waals surface area contributed by atoms with Gasteiger partial charge in [0.25, 0.3) is 0 Å². The molecule has 2 N–H and O–H groups in total. The van der Waals surface area contributed by atoms with E-state index in [2.05, 4.69) is 4.98 Å². The van der Waals surface area contributed by atoms with Crippen LogP contribution in [0.25, 0.3) is 11.0 Å². The quantitative estimate of drug-likeness (QED) is 0.864. The third-order valence-electron chi connectivity index (χ3n) is 2.11. The second-order valence-electron chi connectivity index (χ2n) is 3.19. The minimum Gasteiger partial charge on any atom is -0.480 e. The third-order valence-corrected chi connectivity index (χ3v) is 2.83. The molecule has 0 unspecified atom stereocenters. The number of aromatic amines is 1. The summed E-state index contributed by atoms with van der Waals surface area (Å²) in [5, 5.41) is 9.23. The van der Waals surface area contributed by atoms with Crippen LogP contribution in [0, 0.1) is 0 Å². The maximum absolute atomic E-state index is 11.5. The fraction of sp³-hybridized carbons (Fsp3) is 0.111. The predicted molar refractivity (Wildman–Crippen MR) is 60.2 cm³/mol. The van der Waals surface area contributed by atoms with Crippen LogP contribution >= 0.6 is 23.2 Å². The van der Waals surface area contributed by atoms with Gasteiger partial charge in [0.2, 0.25) is 0 Å². The number of H-pyrrole nitrogens is 1. The summed E-state index contributed by atoms with van der Waals surface area (Å²) < 4.78 is 1.08. The molecule has 1 heterocycles. The maximum Gasteiger partial charge on any atom is 0.327 e. The van der Waals surface area contributed by atoms with E-state index in [4.69, 9.17) is 28.3 Å². The van der Waals surface area contributed by atoms with Crippen LogP contribution in [0.15, 0.2) is 16.9 Å². The molecule has 7 heteroatoms. The number of imidazole rings is 1. The first-order valence-corrected chi connectivity index (χ1v) is 5.04. The largest absolute Gasteiger partial charge is 0.480 e. The highest BCUT2D eigenvalue weighted by atomic mass is 35.5. The third kappa shape index (κ3) is 1.79. The van der Waals surface area contributed by atoms with Crippen molar-refractivity contribution in [1.82, 2.24) is 9.55 Å². The Kier molecular flexibility index (Phi) is 2.65. The van der Waals surface area contributed by atoms with E-state index in [1.165, 1.54) is 12.1 Å². The molecule has 5 nitrogen and oxygen atoms in total. The van der Waals surface area contributed by atoms with Crippen molar-refractivity contribution < 1.29 is 9.90 Å². The topological polar surface area (TPSA) is 75.1 Å². The molecule has 0 saturated heterocycles. The summed E-state index contributed by atoms with van der Waals surface area (Å²) in [5.74, 6) is -1.10. The van der Waals surface area contributed by atoms with Gasteiger partial charge in [-0.05, 0) is 12.1 Å². The Morgan fingerprint density at radius 2 is 2.00 bits per heavy atom. The van der Waals surface area contributed by atoms with E-state index in [1.54, 1.807) is 0 Å². The van der Waals surface area contributed by atoms with Gasteiger partial charge in [-0.25, -0.2) is 4.79 Å². The van der Waals surface area contributed by atoms with Crippen molar-refractivity contribution in [1.29, 1.82) is 0 Å². The van der Waals surface area contributed by atoms with Crippen molar-refractivity contribution >= 4 is 40.2 Å². The number of halogens is 2. The highest BCUT2D eigenvalue weighted by Crippen LogP contribution is 2.26. The van der Waals surface area contributed by atoms with Crippen LogP contribution in [0.5, 0.6) is 0 Å². The minimum atomic E-state index is -1.10. The standard InChI is InChI=1S/C9H6Cl2N2O3/c10-4-1-6-7(2-5(4)11)13(3-8(14)15)9(16)12-6/h1-2H,3H2,(H,12,16)(H,14,15). The Morgan fingerprint density at radius 3 is 2.62 bits per heavy atom. The first kappa shape index (κ1) is 11.0. The number of rotatable bonds is 2. The van der Waals surface area contributed by atoms with Crippen molar-refractivity contribution in [3.63, 3.8) is 0 Å². The number of carboxylic acids is 1. The lowest BCUT2D eigenvalue weighted by Gasteiger charge is -2.00. The Bertz CT molecular complexity index is 629. The summed E-state index contributed by atoms with van der Waals surface area (Å²) in [6, 6.07) is 2.94. The van der Waals surface area contributed by atoms with E-state index < -0.39 is 18.2 Å². The number of nitrogens with one attached hydrogen (secondary N) is 1. The van der Waals surface area contributed by atoms with Crippen molar-refractivity contribution in [3.8, 4) is 0 Å². The number of aromatic nitrogens is 2. The van der Waals surface area contributed by atoms with Gasteiger partial charge < -0.3 is 10.1 Å². The molecule has 0 radical (unpaired) electrons. The number of hydrogen-bond acceptors (Lipinski definition) is 2. The number of hydrogen-bond donors (Lipinski definition) is 2. The predicted octanol–water partition coefficient (Wildman–Crippen LogP) is 1.72. The fourth-order valence-electron chi connectivity index (χ4n) is 1.44. The number of nitrogens with zero attached hydrogens (tertiary/aromatic N) is 1. The Labute approximate surface area is 99.2 Å². The molecule has 16 heavy (non-hydrogen) atoms. The van der Waals surface area contributed by atoms with Crippen LogP contribution in [-0.2, 0) is 11.3 Å². The van der Waals surface area contributed by atoms with E-state index in [0.29, 0.717) is 16.1 Å². The molecule has 0 spiro atoms. The van der Waals surface area contributed by atoms with Crippen molar-refractivity contribution in [2.75, 3.05) is 0 Å². The van der Waals surface area contributed by atoms with Gasteiger partial charge in [0.15, 0.2) is 0 Å². The van der Waals surface area contributed by atoms with Gasteiger partial charge in [0, 0.05) is 0 Å². The van der Waals surface area contributed by atoms with Gasteiger partial charge in [-0.15, -0.1) is 0 Å². The van der Waals surface area contributed by atoms with E-state index in [1.807, 2.05) is 0 Å². The first-order valence-electron chi connectivity index (χ1n) is 4.28. The second kappa shape index (κ2) is 3.84. The van der Waals surface area contributed by atoms with E-state index in [-0.39, 0.29) is 5.02 Å². The lowest BCUT2D eigenvalue weighted by Crippen LogP contribution is -2.21. The Balaban J connectivity index is 2.74. The fourth-order valence-corrected chi connectivity index (χ4v) is 1.77. The molecule has 2 rings (SSSR count). The molecule has 0 atom stereocenters. The van der Waals surface area contributed by atoms with Crippen LogP contribution in [0.3, 0.4) is 0 Å². The highest BCUT2D eigenvalue weighted by Gasteiger charge is 2.11. The van der Waals surface area contributed by atoms with Gasteiger partial charge in [0.05, 0.1) is 21.1 Å². The van der Waals surface area contributed by atoms with Crippen molar-refractivity contribution in [2.24, 2.45) is 0 Å². The normalized spacial score (nSPS) is 10.9. The highest BCUT2D eigenvalue weighted by molar-refractivity contribution is 6.42. The molecule has 2 aromatic rings. The first-order chi connectivity index (χ1) is 7.49. The lowest BCUT2D eigenvalue weighted by molar-refractivity contribution is -0.137. The van der Waals surface area contributed by atoms with E-state index in [0.717, 1.165) is 4.57 Å². The molecular weight excluding hydrogens is 255 g/mol. The smallest absolute Gasteiger partial charge is 0.327 e. The number of benzene rings is 1. The molecule has 84 valence electrons. The molecule has 0 fully saturated rings. The summed E-state index contributed by atoms with van der Waals surface area (Å²) in [7, 11) is 0. The average Bonchev–Trinajstić information content (AvgIpc) is 2.45. The van der Waals surface area contributed by atoms with Crippen molar-refractivity contribution in [3.05, 3.63) is 32.7 Å². The zero-order valence-electron chi connectivity index (χ0n) is 7.83. The van der Waals surface area contributed by atoms with Crippen LogP contribution in [-0.4, -0.2) is 20.6 Å². The molecular formula is C9H6Cl2N2O3. The maximum atomic E-state index is 11.5. The molecule has 0 aliphatic rings. The van der Waals surface area contributed by atoms with Gasteiger partial charge >= 0.3 is 11.7 Å². The summed E-state index contributed by atoms with van der Waals surface area (Å²) in [6.45, 7) is -0.420. The zero-order valence-corrected chi connectivity index (χ0v) is 9.34. The van der Waals surface area contributed by atoms with E-state index in [9.17, 15) is 9.59 Å². The van der Waals surface area contributed by atoms with Gasteiger partial charge in [0.1, 0.15) is 6.54 Å². The lowest BCUT2D eigenvalue weighted by atomic mass is 10.3. The summed E-state index contributed by atoms with van der Waals surface area (Å²) >= 11 is 11.6. The number of carboxylic acid groups (broad SMARTS) is 1. The number of carbonyl (C=O) groups is 1. The monoisotopic (exact) mass is 260 g/mol. The number of fused-ring (bicyclic) bond motifs is 1. The van der Waals surface area contributed by atoms with Gasteiger partial charge in [-0.2, -0.15) is 0 Å². The van der Waals surface area contributed by atoms with Crippen LogP contribution in [0.2, 0.25) is 10.0 Å². The van der Waals surface area contributed by atoms with Gasteiger partial charge in [-0.3, -0.25) is 9.36 Å². The zero-order chi connectivity index (χ0) is 11.9. The summed E-state index contributed by atoms with van der Waals surface area (Å²) in [4.78, 5) is 24.5. The number of aliphatic carboxylic acids is 1. The summed E-state index contributed by atoms with van der Waals surface area (Å²) in [5.41, 5.74) is 0.373. The average molecular weight is 261 g/mol. The second-order valence-corrected chi connectivity index (χ2v) is 4.01. The molecule has 1 aromatic carbocycles. The summed E-state index contributed by atoms with van der Waals surface area (Å²) in [6.07, 6.45) is 0. The molecule has 0 aliphatic carbocycles. The van der Waals surface area contributed by atoms with E-state index >= 15 is 0 Å². The van der Waals surface area contributed by atoms with Crippen LogP contribution in [0.1, 0.15) is 0 Å². The Hall–Kier alpha value is -1.46. The molecule has 1 aromatic heterocycles. The SMILES string of the molecule is O=C(O)Cn1c(=O)[nH]c2cc(Cl)c(Cl)cc21. The molecule has 0 aliphatic heterocycles. The Morgan fingerprint density at radius 1 is 1.38 bits per heavy atom. The van der Waals surface area contributed by atoms with Crippen LogP contribution in [0.4, 0.5) is 0 Å². The molecule has 0 amide bonds. The molecule has 0 bridgehead atoms. The molecule has 0 saturated carbocycles. The minimum absolute atomic E-state index is 0.271. The van der Waals surface area contributed by atoms with Crippen molar-refractivity contribution in [2.45, 2.75) is 6.54 Å². The van der Waals surface area contributed by atoms with Gasteiger partial charge in [-0.1, -0.05) is 23.2 Å². The van der Waals surface area contributed by atoms with Crippen LogP contribution < -0.4 is 5.69 Å².